The van der Waals surface area contributed by atoms with Gasteiger partial charge in [0.15, 0.2) is 16.3 Å². The monoisotopic (exact) mass is 328 g/mol. The van der Waals surface area contributed by atoms with E-state index in [4.69, 9.17) is 9.15 Å². The summed E-state index contributed by atoms with van der Waals surface area (Å²) in [6.45, 7) is 1.16. The van der Waals surface area contributed by atoms with E-state index in [1.165, 1.54) is 17.4 Å². The summed E-state index contributed by atoms with van der Waals surface area (Å²) >= 11 is 1.38. The molecule has 3 heterocycles. The lowest BCUT2D eigenvalue weighted by Gasteiger charge is -2.08. The van der Waals surface area contributed by atoms with E-state index in [2.05, 4.69) is 10.3 Å². The number of aromatic nitrogens is 1. The van der Waals surface area contributed by atoms with Gasteiger partial charge in [-0.1, -0.05) is 23.5 Å². The highest BCUT2D eigenvalue weighted by Gasteiger charge is 2.18. The highest BCUT2D eigenvalue weighted by molar-refractivity contribution is 7.15. The Morgan fingerprint density at radius 2 is 2.17 bits per heavy atom. The first-order chi connectivity index (χ1) is 11.2. The van der Waals surface area contributed by atoms with Gasteiger partial charge in [-0.05, 0) is 12.1 Å². The van der Waals surface area contributed by atoms with Gasteiger partial charge in [-0.3, -0.25) is 14.9 Å². The quantitative estimate of drug-likeness (QED) is 0.782. The minimum atomic E-state index is -0.486. The number of fused-ring (bicyclic) bond motifs is 2. The van der Waals surface area contributed by atoms with E-state index in [1.807, 2.05) is 0 Å². The van der Waals surface area contributed by atoms with E-state index < -0.39 is 5.91 Å². The average molecular weight is 328 g/mol. The van der Waals surface area contributed by atoms with Crippen LogP contribution in [-0.4, -0.2) is 17.5 Å². The maximum Gasteiger partial charge on any atom is 0.293 e. The van der Waals surface area contributed by atoms with E-state index in [1.54, 1.807) is 24.3 Å². The molecule has 0 fully saturated rings. The third-order valence-corrected chi connectivity index (χ3v) is 4.56. The number of carbonyl (C=O) groups is 1. The van der Waals surface area contributed by atoms with Gasteiger partial charge < -0.3 is 9.15 Å². The molecule has 6 nitrogen and oxygen atoms in total. The van der Waals surface area contributed by atoms with Crippen molar-refractivity contribution in [2.45, 2.75) is 13.0 Å². The van der Waals surface area contributed by atoms with Crippen molar-refractivity contribution in [3.63, 3.8) is 0 Å². The fraction of sp³-hybridized carbons (Fsp3) is 0.188. The van der Waals surface area contributed by atoms with Gasteiger partial charge >= 0.3 is 0 Å². The van der Waals surface area contributed by atoms with Crippen molar-refractivity contribution in [1.82, 2.24) is 4.98 Å². The molecule has 4 rings (SSSR count). The van der Waals surface area contributed by atoms with Crippen molar-refractivity contribution in [1.29, 1.82) is 0 Å². The van der Waals surface area contributed by atoms with Crippen LogP contribution in [0.5, 0.6) is 0 Å². The predicted octanol–water partition coefficient (Wildman–Crippen LogP) is 2.57. The molecule has 23 heavy (non-hydrogen) atoms. The lowest BCUT2D eigenvalue weighted by molar-refractivity contribution is 0.0997. The second kappa shape index (κ2) is 5.60. The van der Waals surface area contributed by atoms with Gasteiger partial charge in [0.25, 0.3) is 5.91 Å². The normalized spacial score (nSPS) is 13.7. The summed E-state index contributed by atoms with van der Waals surface area (Å²) in [7, 11) is 0. The molecule has 1 N–H and O–H groups in total. The van der Waals surface area contributed by atoms with Crippen LogP contribution in [0.1, 0.15) is 21.1 Å². The van der Waals surface area contributed by atoms with Crippen LogP contribution in [0.3, 0.4) is 0 Å². The Labute approximate surface area is 134 Å². The highest BCUT2D eigenvalue weighted by Crippen LogP contribution is 2.27. The minimum Gasteiger partial charge on any atom is -0.451 e. The summed E-state index contributed by atoms with van der Waals surface area (Å²) in [5.74, 6) is -0.516. The molecule has 1 aliphatic heterocycles. The second-order valence-electron chi connectivity index (χ2n) is 5.12. The number of para-hydroxylation sites is 1. The molecule has 116 valence electrons. The first-order valence-corrected chi connectivity index (χ1v) is 7.93. The van der Waals surface area contributed by atoms with Gasteiger partial charge in [-0.2, -0.15) is 0 Å². The number of hydrogen-bond acceptors (Lipinski definition) is 6. The smallest absolute Gasteiger partial charge is 0.293 e. The number of nitrogens with one attached hydrogen (secondary N) is 1. The Kier molecular flexibility index (Phi) is 3.44. The van der Waals surface area contributed by atoms with Gasteiger partial charge in [0.1, 0.15) is 5.58 Å². The van der Waals surface area contributed by atoms with Gasteiger partial charge in [-0.25, -0.2) is 4.98 Å². The topological polar surface area (TPSA) is 81.4 Å². The number of carbonyl (C=O) groups excluding carboxylic acids is 1. The summed E-state index contributed by atoms with van der Waals surface area (Å²) in [4.78, 5) is 29.8. The van der Waals surface area contributed by atoms with Gasteiger partial charge in [-0.15, -0.1) is 0 Å². The number of amides is 1. The molecule has 7 heteroatoms. The van der Waals surface area contributed by atoms with E-state index >= 15 is 0 Å². The van der Waals surface area contributed by atoms with Crippen LogP contribution >= 0.6 is 11.3 Å². The van der Waals surface area contributed by atoms with Crippen molar-refractivity contribution in [2.75, 3.05) is 11.9 Å². The first-order valence-electron chi connectivity index (χ1n) is 7.11. The number of hydrogen-bond donors (Lipinski definition) is 1. The molecule has 1 aromatic carbocycles. The summed E-state index contributed by atoms with van der Waals surface area (Å²) in [5.41, 5.74) is 1.09. The van der Waals surface area contributed by atoms with Crippen LogP contribution in [0.25, 0.3) is 11.0 Å². The molecule has 3 aromatic rings. The number of anilines is 1. The second-order valence-corrected chi connectivity index (χ2v) is 6.20. The Hall–Kier alpha value is -2.51. The number of benzene rings is 1. The third-order valence-electron chi connectivity index (χ3n) is 3.57. The Bertz CT molecular complexity index is 937. The third kappa shape index (κ3) is 2.64. The largest absolute Gasteiger partial charge is 0.451 e. The Morgan fingerprint density at radius 3 is 3.04 bits per heavy atom. The van der Waals surface area contributed by atoms with E-state index in [-0.39, 0.29) is 11.2 Å². The summed E-state index contributed by atoms with van der Waals surface area (Å²) < 4.78 is 10.9. The molecule has 1 aliphatic rings. The van der Waals surface area contributed by atoms with Crippen LogP contribution in [-0.2, 0) is 17.8 Å². The van der Waals surface area contributed by atoms with Crippen molar-refractivity contribution < 1.29 is 13.9 Å². The first kappa shape index (κ1) is 14.1. The van der Waals surface area contributed by atoms with Gasteiger partial charge in [0.2, 0.25) is 0 Å². The molecule has 0 aliphatic carbocycles. The maximum atomic E-state index is 12.3. The zero-order valence-corrected chi connectivity index (χ0v) is 12.8. The molecule has 2 aromatic heterocycles. The number of ether oxygens (including phenoxy) is 1. The van der Waals surface area contributed by atoms with Crippen molar-refractivity contribution in [3.05, 3.63) is 56.9 Å². The summed E-state index contributed by atoms with van der Waals surface area (Å²) in [5, 5.41) is 3.62. The summed E-state index contributed by atoms with van der Waals surface area (Å²) in [6, 6.07) is 8.03. The molecule has 0 saturated carbocycles. The van der Waals surface area contributed by atoms with Crippen molar-refractivity contribution >= 4 is 33.3 Å². The number of nitrogens with zero attached hydrogens (tertiary/aromatic N) is 1. The Morgan fingerprint density at radius 1 is 1.30 bits per heavy atom. The van der Waals surface area contributed by atoms with Crippen LogP contribution < -0.4 is 10.7 Å². The van der Waals surface area contributed by atoms with Crippen LogP contribution in [0.4, 0.5) is 5.13 Å². The fourth-order valence-corrected chi connectivity index (χ4v) is 3.39. The molecule has 0 radical (unpaired) electrons. The fourth-order valence-electron chi connectivity index (χ4n) is 2.45. The average Bonchev–Trinajstić information content (AvgIpc) is 2.97. The number of rotatable bonds is 2. The molecule has 0 bridgehead atoms. The predicted molar refractivity (Wildman–Crippen MR) is 85.9 cm³/mol. The molecular formula is C16H12N2O4S. The van der Waals surface area contributed by atoms with E-state index in [0.717, 1.165) is 17.0 Å². The number of thiazole rings is 1. The lowest BCUT2D eigenvalue weighted by Crippen LogP contribution is -2.15. The standard InChI is InChI=1S/C16H12N2O4S/c19-11-7-13(22-12-4-2-1-3-9(11)12)15(20)18-16-17-10-5-6-21-8-14(10)23-16/h1-4,7H,5-6,8H2,(H,17,18,20). The van der Waals surface area contributed by atoms with Gasteiger partial charge in [0, 0.05) is 12.5 Å². The molecule has 0 spiro atoms. The van der Waals surface area contributed by atoms with Crippen LogP contribution in [0.2, 0.25) is 0 Å². The molecular weight excluding hydrogens is 316 g/mol. The Balaban J connectivity index is 1.64. The zero-order chi connectivity index (χ0) is 15.8. The van der Waals surface area contributed by atoms with Crippen molar-refractivity contribution in [2.24, 2.45) is 0 Å². The maximum absolute atomic E-state index is 12.3. The minimum absolute atomic E-state index is 0.0295. The lowest BCUT2D eigenvalue weighted by atomic mass is 10.2. The van der Waals surface area contributed by atoms with Gasteiger partial charge in [0.05, 0.1) is 29.2 Å². The van der Waals surface area contributed by atoms with Crippen molar-refractivity contribution in [3.8, 4) is 0 Å². The van der Waals surface area contributed by atoms with Crippen LogP contribution in [0.15, 0.2) is 39.5 Å². The van der Waals surface area contributed by atoms with Crippen LogP contribution in [0, 0.1) is 0 Å². The SMILES string of the molecule is O=C(Nc1nc2c(s1)COCC2)c1cc(=O)c2ccccc2o1. The van der Waals surface area contributed by atoms with E-state index in [9.17, 15) is 9.59 Å². The molecule has 1 amide bonds. The molecule has 0 saturated heterocycles. The molecule has 0 unspecified atom stereocenters. The summed E-state index contributed by atoms with van der Waals surface area (Å²) in [6.07, 6.45) is 0.743. The highest BCUT2D eigenvalue weighted by atomic mass is 32.1. The van der Waals surface area contributed by atoms with E-state index in [0.29, 0.717) is 29.3 Å². The zero-order valence-electron chi connectivity index (χ0n) is 12.0. The molecule has 0 atom stereocenters.